The highest BCUT2D eigenvalue weighted by Crippen LogP contribution is 2.43. The van der Waals surface area contributed by atoms with Crippen molar-refractivity contribution < 1.29 is 4.42 Å². The van der Waals surface area contributed by atoms with Gasteiger partial charge in [0.1, 0.15) is 11.2 Å². The highest BCUT2D eigenvalue weighted by atomic mass is 32.1. The minimum Gasteiger partial charge on any atom is -0.456 e. The standard InChI is InChI=1S/C46H27NOS2/c1-4-10-41-35(7-1)36-21-19-33(26-42(36)48-41)47(34-20-22-39-37-8-2-5-11-43(37)50-46(39)27-34)32-17-15-28(16-18-32)29-13-14-30-24-40-38-9-3-6-12-44(38)49-45(40)25-31(30)23-29/h1-27H. The molecule has 11 aromatic rings. The quantitative estimate of drug-likeness (QED) is 0.185. The van der Waals surface area contributed by atoms with E-state index < -0.39 is 0 Å². The number of nitrogens with zero attached hydrogens (tertiary/aromatic N) is 1. The van der Waals surface area contributed by atoms with Crippen LogP contribution in [0, 0.1) is 0 Å². The van der Waals surface area contributed by atoms with Gasteiger partial charge >= 0.3 is 0 Å². The third-order valence-electron chi connectivity index (χ3n) is 10.0. The minimum atomic E-state index is 0.886. The van der Waals surface area contributed by atoms with E-state index in [1.54, 1.807) is 0 Å². The van der Waals surface area contributed by atoms with Crippen molar-refractivity contribution in [1.29, 1.82) is 0 Å². The van der Waals surface area contributed by atoms with Crippen LogP contribution in [0.3, 0.4) is 0 Å². The highest BCUT2D eigenvalue weighted by Gasteiger charge is 2.17. The number of fused-ring (bicyclic) bond motifs is 10. The van der Waals surface area contributed by atoms with Crippen LogP contribution in [-0.2, 0) is 0 Å². The van der Waals surface area contributed by atoms with Crippen LogP contribution in [0.2, 0.25) is 0 Å². The second-order valence-corrected chi connectivity index (χ2v) is 15.1. The molecule has 234 valence electrons. The molecule has 3 heterocycles. The molecule has 11 rings (SSSR count). The molecule has 0 N–H and O–H groups in total. The van der Waals surface area contributed by atoms with E-state index in [1.807, 2.05) is 34.8 Å². The summed E-state index contributed by atoms with van der Waals surface area (Å²) in [6.07, 6.45) is 0. The van der Waals surface area contributed by atoms with Crippen molar-refractivity contribution in [3.05, 3.63) is 164 Å². The van der Waals surface area contributed by atoms with Crippen molar-refractivity contribution in [2.75, 3.05) is 4.90 Å². The van der Waals surface area contributed by atoms with Gasteiger partial charge in [-0.1, -0.05) is 84.9 Å². The number of para-hydroxylation sites is 1. The molecule has 0 radical (unpaired) electrons. The molecule has 0 atom stereocenters. The van der Waals surface area contributed by atoms with Gasteiger partial charge in [0.2, 0.25) is 0 Å². The summed E-state index contributed by atoms with van der Waals surface area (Å²) in [5, 5.41) is 10.1. The molecule has 0 saturated heterocycles. The third kappa shape index (κ3) is 4.32. The van der Waals surface area contributed by atoms with Gasteiger partial charge in [0.05, 0.1) is 0 Å². The Morgan fingerprint density at radius 1 is 0.340 bits per heavy atom. The van der Waals surface area contributed by atoms with Crippen LogP contribution in [0.1, 0.15) is 0 Å². The van der Waals surface area contributed by atoms with E-state index in [0.29, 0.717) is 0 Å². The summed E-state index contributed by atoms with van der Waals surface area (Å²) in [6.45, 7) is 0. The van der Waals surface area contributed by atoms with Gasteiger partial charge in [-0.25, -0.2) is 0 Å². The second kappa shape index (κ2) is 10.8. The Labute approximate surface area is 295 Å². The van der Waals surface area contributed by atoms with Gasteiger partial charge in [-0.15, -0.1) is 22.7 Å². The molecule has 0 spiro atoms. The first kappa shape index (κ1) is 28.0. The zero-order valence-corrected chi connectivity index (χ0v) is 28.4. The van der Waals surface area contributed by atoms with Crippen molar-refractivity contribution in [2.24, 2.45) is 0 Å². The molecule has 0 saturated carbocycles. The average Bonchev–Trinajstić information content (AvgIpc) is 3.84. The van der Waals surface area contributed by atoms with E-state index >= 15 is 0 Å². The van der Waals surface area contributed by atoms with Crippen molar-refractivity contribution >= 4 is 113 Å². The fourth-order valence-electron chi connectivity index (χ4n) is 7.61. The Bertz CT molecular complexity index is 2990. The Balaban J connectivity index is 1.03. The molecular weight excluding hydrogens is 647 g/mol. The molecule has 0 aliphatic heterocycles. The van der Waals surface area contributed by atoms with Crippen LogP contribution in [0.15, 0.2) is 168 Å². The van der Waals surface area contributed by atoms with E-state index in [9.17, 15) is 0 Å². The Morgan fingerprint density at radius 3 is 1.72 bits per heavy atom. The Kier molecular flexibility index (Phi) is 6.03. The molecule has 0 aliphatic rings. The van der Waals surface area contributed by atoms with Crippen molar-refractivity contribution in [1.82, 2.24) is 0 Å². The molecule has 4 heteroatoms. The van der Waals surface area contributed by atoms with Gasteiger partial charge in [0.25, 0.3) is 0 Å². The molecule has 3 aromatic heterocycles. The Hall–Kier alpha value is -5.94. The zero-order chi connectivity index (χ0) is 32.8. The largest absolute Gasteiger partial charge is 0.456 e. The molecular formula is C46H27NOS2. The van der Waals surface area contributed by atoms with E-state index in [2.05, 4.69) is 157 Å². The number of furan rings is 1. The van der Waals surface area contributed by atoms with Gasteiger partial charge in [-0.3, -0.25) is 0 Å². The van der Waals surface area contributed by atoms with Crippen LogP contribution >= 0.6 is 22.7 Å². The third-order valence-corrected chi connectivity index (χ3v) is 12.3. The first-order valence-electron chi connectivity index (χ1n) is 16.8. The molecule has 0 fully saturated rings. The summed E-state index contributed by atoms with van der Waals surface area (Å²) in [7, 11) is 0. The fourth-order valence-corrected chi connectivity index (χ4v) is 9.88. The van der Waals surface area contributed by atoms with E-state index in [0.717, 1.165) is 39.0 Å². The fraction of sp³-hybridized carbons (Fsp3) is 0. The lowest BCUT2D eigenvalue weighted by atomic mass is 9.99. The van der Waals surface area contributed by atoms with Crippen LogP contribution < -0.4 is 4.90 Å². The maximum absolute atomic E-state index is 6.36. The molecule has 0 bridgehead atoms. The maximum Gasteiger partial charge on any atom is 0.137 e. The first-order valence-corrected chi connectivity index (χ1v) is 18.5. The van der Waals surface area contributed by atoms with Gasteiger partial charge in [-0.2, -0.15) is 0 Å². The zero-order valence-electron chi connectivity index (χ0n) is 26.8. The molecule has 8 aromatic carbocycles. The predicted molar refractivity (Wildman–Crippen MR) is 217 cm³/mol. The molecule has 0 amide bonds. The Morgan fingerprint density at radius 2 is 0.920 bits per heavy atom. The number of hydrogen-bond acceptors (Lipinski definition) is 4. The van der Waals surface area contributed by atoms with E-state index in [-0.39, 0.29) is 0 Å². The van der Waals surface area contributed by atoms with Crippen LogP contribution in [0.4, 0.5) is 17.1 Å². The summed E-state index contributed by atoms with van der Waals surface area (Å²) < 4.78 is 11.6. The SMILES string of the molecule is c1ccc2c(c1)oc1cc(N(c3ccc(-c4ccc5cc6c(cc5c4)sc4ccccc46)cc3)c3ccc4c(c3)sc3ccccc34)ccc12. The molecule has 0 aliphatic carbocycles. The lowest BCUT2D eigenvalue weighted by Gasteiger charge is -2.26. The van der Waals surface area contributed by atoms with Gasteiger partial charge < -0.3 is 9.32 Å². The van der Waals surface area contributed by atoms with Gasteiger partial charge in [0.15, 0.2) is 0 Å². The van der Waals surface area contributed by atoms with Gasteiger partial charge in [-0.05, 0) is 94.7 Å². The van der Waals surface area contributed by atoms with E-state index in [4.69, 9.17) is 4.42 Å². The number of rotatable bonds is 4. The maximum atomic E-state index is 6.36. The second-order valence-electron chi connectivity index (χ2n) is 12.9. The lowest BCUT2D eigenvalue weighted by Crippen LogP contribution is -2.09. The molecule has 50 heavy (non-hydrogen) atoms. The van der Waals surface area contributed by atoms with E-state index in [1.165, 1.54) is 62.2 Å². The average molecular weight is 674 g/mol. The summed E-state index contributed by atoms with van der Waals surface area (Å²) >= 11 is 3.72. The number of hydrogen-bond donors (Lipinski definition) is 0. The highest BCUT2D eigenvalue weighted by molar-refractivity contribution is 7.26. The van der Waals surface area contributed by atoms with Crippen molar-refractivity contribution in [3.8, 4) is 11.1 Å². The van der Waals surface area contributed by atoms with Crippen LogP contribution in [-0.4, -0.2) is 0 Å². The predicted octanol–water partition coefficient (Wildman–Crippen LogP) is 14.6. The topological polar surface area (TPSA) is 16.4 Å². The monoisotopic (exact) mass is 673 g/mol. The lowest BCUT2D eigenvalue weighted by molar-refractivity contribution is 0.669. The number of thiophene rings is 2. The summed E-state index contributed by atoms with van der Waals surface area (Å²) in [5.74, 6) is 0. The molecule has 0 unspecified atom stereocenters. The van der Waals surface area contributed by atoms with Gasteiger partial charge in [0, 0.05) is 74.2 Å². The van der Waals surface area contributed by atoms with Crippen LogP contribution in [0.5, 0.6) is 0 Å². The smallest absolute Gasteiger partial charge is 0.137 e. The summed E-state index contributed by atoms with van der Waals surface area (Å²) in [5.41, 5.74) is 7.47. The number of benzene rings is 8. The first-order chi connectivity index (χ1) is 24.7. The van der Waals surface area contributed by atoms with Crippen molar-refractivity contribution in [2.45, 2.75) is 0 Å². The number of anilines is 3. The molecule has 2 nitrogen and oxygen atoms in total. The summed E-state index contributed by atoms with van der Waals surface area (Å²) in [6, 6.07) is 59.6. The normalized spacial score (nSPS) is 12.0. The van der Waals surface area contributed by atoms with Crippen LogP contribution in [0.25, 0.3) is 84.2 Å². The minimum absolute atomic E-state index is 0.886. The van der Waals surface area contributed by atoms with Crippen molar-refractivity contribution in [3.63, 3.8) is 0 Å². The summed E-state index contributed by atoms with van der Waals surface area (Å²) in [4.78, 5) is 2.35.